The number of phenolic OH excluding ortho intramolecular Hbond substituents is 1. The van der Waals surface area contributed by atoms with Gasteiger partial charge in [0.05, 0.1) is 24.5 Å². The Morgan fingerprint density at radius 2 is 1.77 bits per heavy atom. The lowest BCUT2D eigenvalue weighted by molar-refractivity contribution is -0.272. The number of imide groups is 1. The van der Waals surface area contributed by atoms with Gasteiger partial charge in [-0.15, -0.1) is 0 Å². The van der Waals surface area contributed by atoms with Crippen LogP contribution in [0.5, 0.6) is 11.5 Å². The topological polar surface area (TPSA) is 96.3 Å². The predicted molar refractivity (Wildman–Crippen MR) is 110 cm³/mol. The quantitative estimate of drug-likeness (QED) is 0.734. The first kappa shape index (κ1) is 20.0. The lowest BCUT2D eigenvalue weighted by atomic mass is 9.64. The summed E-state index contributed by atoms with van der Waals surface area (Å²) >= 11 is 0. The average molecular weight is 423 g/mol. The summed E-state index contributed by atoms with van der Waals surface area (Å²) in [6.45, 7) is 0.152. The number of aromatic hydroxyl groups is 1. The van der Waals surface area contributed by atoms with E-state index in [-0.39, 0.29) is 24.2 Å². The predicted octanol–water partition coefficient (Wildman–Crippen LogP) is 2.49. The molecule has 2 aromatic rings. The number of likely N-dealkylation sites (tertiary alicyclic amines) is 1. The zero-order chi connectivity index (χ0) is 21.8. The van der Waals surface area contributed by atoms with Gasteiger partial charge in [-0.25, -0.2) is 0 Å². The third-order valence-electron chi connectivity index (χ3n) is 7.06. The molecule has 0 unspecified atom stereocenters. The zero-order valence-electron chi connectivity index (χ0n) is 17.2. The monoisotopic (exact) mass is 423 g/mol. The van der Waals surface area contributed by atoms with E-state index in [1.165, 1.54) is 11.9 Å². The van der Waals surface area contributed by atoms with Crippen LogP contribution in [0.1, 0.15) is 24.5 Å². The van der Waals surface area contributed by atoms with Gasteiger partial charge in [0.25, 0.3) is 0 Å². The molecule has 5 rings (SSSR count). The van der Waals surface area contributed by atoms with Crippen LogP contribution < -0.4 is 4.74 Å². The molecule has 2 aliphatic heterocycles. The second kappa shape index (κ2) is 7.35. The normalized spacial score (nSPS) is 34.5. The van der Waals surface area contributed by atoms with Crippen LogP contribution in [0.15, 0.2) is 54.6 Å². The Morgan fingerprint density at radius 3 is 2.52 bits per heavy atom. The van der Waals surface area contributed by atoms with Crippen molar-refractivity contribution in [1.29, 1.82) is 0 Å². The summed E-state index contributed by atoms with van der Waals surface area (Å²) < 4.78 is 12.1. The molecule has 3 fully saturated rings. The molecule has 31 heavy (non-hydrogen) atoms. The summed E-state index contributed by atoms with van der Waals surface area (Å²) in [4.78, 5) is 26.8. The third-order valence-corrected chi connectivity index (χ3v) is 7.06. The van der Waals surface area contributed by atoms with Crippen molar-refractivity contribution in [2.75, 3.05) is 13.7 Å². The van der Waals surface area contributed by atoms with Crippen molar-refractivity contribution >= 4 is 11.8 Å². The third kappa shape index (κ3) is 3.11. The van der Waals surface area contributed by atoms with Crippen LogP contribution >= 0.6 is 0 Å². The molecule has 1 aliphatic carbocycles. The standard InChI is InChI=1S/C24H25NO6/c1-25-22(27)17-11-14(13-30-15-7-3-2-4-8-15)24(29)18(21(17)23(25)28)12-20(31-24)16-9-5-6-10-19(16)26/h2-10,14,17-18,20-21,26,29H,11-13H2,1H3/t14-,17+,18+,20+,21+,24-/m1/s1. The van der Waals surface area contributed by atoms with Crippen LogP contribution in [0, 0.1) is 23.7 Å². The van der Waals surface area contributed by atoms with Crippen LogP contribution in [-0.4, -0.2) is 46.4 Å². The van der Waals surface area contributed by atoms with Crippen molar-refractivity contribution in [3.8, 4) is 11.5 Å². The first-order valence-corrected chi connectivity index (χ1v) is 10.6. The van der Waals surface area contributed by atoms with Gasteiger partial charge in [-0.05, 0) is 31.0 Å². The van der Waals surface area contributed by atoms with Crippen LogP contribution in [-0.2, 0) is 14.3 Å². The van der Waals surface area contributed by atoms with Gasteiger partial charge < -0.3 is 19.7 Å². The number of benzene rings is 2. The largest absolute Gasteiger partial charge is 0.508 e. The molecule has 7 heteroatoms. The van der Waals surface area contributed by atoms with Crippen LogP contribution in [0.4, 0.5) is 0 Å². The van der Waals surface area contributed by atoms with Gasteiger partial charge in [-0.3, -0.25) is 14.5 Å². The molecule has 0 aromatic heterocycles. The van der Waals surface area contributed by atoms with E-state index in [0.29, 0.717) is 24.2 Å². The molecule has 2 saturated heterocycles. The number of hydrogen-bond acceptors (Lipinski definition) is 6. The zero-order valence-corrected chi connectivity index (χ0v) is 17.2. The minimum absolute atomic E-state index is 0.0781. The smallest absolute Gasteiger partial charge is 0.233 e. The first-order chi connectivity index (χ1) is 14.9. The summed E-state index contributed by atoms with van der Waals surface area (Å²) in [6.07, 6.45) is 0.0552. The molecule has 2 heterocycles. The number of nitrogens with zero attached hydrogens (tertiary/aromatic N) is 1. The summed E-state index contributed by atoms with van der Waals surface area (Å²) in [6, 6.07) is 16.1. The summed E-state index contributed by atoms with van der Waals surface area (Å²) in [5.41, 5.74) is 0.565. The van der Waals surface area contributed by atoms with E-state index in [0.717, 1.165) is 0 Å². The second-order valence-electron chi connectivity index (χ2n) is 8.68. The maximum Gasteiger partial charge on any atom is 0.233 e. The molecule has 2 amide bonds. The van der Waals surface area contributed by atoms with E-state index in [4.69, 9.17) is 9.47 Å². The van der Waals surface area contributed by atoms with Crippen LogP contribution in [0.2, 0.25) is 0 Å². The Bertz CT molecular complexity index is 1010. The highest BCUT2D eigenvalue weighted by Crippen LogP contribution is 2.58. The highest BCUT2D eigenvalue weighted by molar-refractivity contribution is 6.05. The summed E-state index contributed by atoms with van der Waals surface area (Å²) in [7, 11) is 1.49. The Morgan fingerprint density at radius 1 is 1.06 bits per heavy atom. The molecule has 3 aliphatic rings. The van der Waals surface area contributed by atoms with Gasteiger partial charge >= 0.3 is 0 Å². The lowest BCUT2D eigenvalue weighted by Gasteiger charge is -2.44. The van der Waals surface area contributed by atoms with Gasteiger partial charge in [-0.2, -0.15) is 0 Å². The van der Waals surface area contributed by atoms with E-state index < -0.39 is 35.6 Å². The molecule has 2 N–H and O–H groups in total. The fraction of sp³-hybridized carbons (Fsp3) is 0.417. The average Bonchev–Trinajstić information content (AvgIpc) is 3.23. The molecule has 7 nitrogen and oxygen atoms in total. The maximum absolute atomic E-state index is 12.9. The van der Waals surface area contributed by atoms with E-state index in [1.807, 2.05) is 30.3 Å². The minimum atomic E-state index is -1.63. The van der Waals surface area contributed by atoms with Gasteiger partial charge in [-0.1, -0.05) is 36.4 Å². The Labute approximate surface area is 180 Å². The van der Waals surface area contributed by atoms with Gasteiger partial charge in [0.15, 0.2) is 5.79 Å². The Kier molecular flexibility index (Phi) is 4.75. The molecule has 0 radical (unpaired) electrons. The number of carbonyl (C=O) groups excluding carboxylic acids is 2. The SMILES string of the molecule is CN1C(=O)[C@H]2[C@H](C[C@H](COc3ccccc3)[C@@]3(O)O[C@H](c4ccccc4O)C[C@@H]23)C1=O. The van der Waals surface area contributed by atoms with Gasteiger partial charge in [0.1, 0.15) is 11.5 Å². The fourth-order valence-corrected chi connectivity index (χ4v) is 5.50. The van der Waals surface area contributed by atoms with E-state index >= 15 is 0 Å². The van der Waals surface area contributed by atoms with Crippen LogP contribution in [0.25, 0.3) is 0 Å². The maximum atomic E-state index is 12.9. The number of rotatable bonds is 4. The summed E-state index contributed by atoms with van der Waals surface area (Å²) in [5.74, 6) is -3.59. The number of aliphatic hydroxyl groups is 1. The molecule has 6 atom stereocenters. The molecular weight excluding hydrogens is 398 g/mol. The second-order valence-corrected chi connectivity index (χ2v) is 8.68. The molecule has 1 saturated carbocycles. The fourth-order valence-electron chi connectivity index (χ4n) is 5.50. The van der Waals surface area contributed by atoms with E-state index in [1.54, 1.807) is 24.3 Å². The molecule has 0 spiro atoms. The van der Waals surface area contributed by atoms with Crippen molar-refractivity contribution in [3.05, 3.63) is 60.2 Å². The highest BCUT2D eigenvalue weighted by atomic mass is 16.6. The molecular formula is C24H25NO6. The van der Waals surface area contributed by atoms with Crippen molar-refractivity contribution in [3.63, 3.8) is 0 Å². The number of para-hydroxylation sites is 2. The molecule has 0 bridgehead atoms. The lowest BCUT2D eigenvalue weighted by Crippen LogP contribution is -2.55. The molecule has 2 aromatic carbocycles. The Balaban J connectivity index is 1.48. The summed E-state index contributed by atoms with van der Waals surface area (Å²) in [5, 5.41) is 22.1. The number of carbonyl (C=O) groups is 2. The van der Waals surface area contributed by atoms with E-state index in [9.17, 15) is 19.8 Å². The first-order valence-electron chi connectivity index (χ1n) is 10.6. The number of amides is 2. The number of ether oxygens (including phenoxy) is 2. The van der Waals surface area contributed by atoms with Crippen molar-refractivity contribution < 1.29 is 29.3 Å². The van der Waals surface area contributed by atoms with E-state index in [2.05, 4.69) is 0 Å². The highest BCUT2D eigenvalue weighted by Gasteiger charge is 2.66. The minimum Gasteiger partial charge on any atom is -0.508 e. The van der Waals surface area contributed by atoms with Gasteiger partial charge in [0, 0.05) is 24.4 Å². The van der Waals surface area contributed by atoms with Crippen molar-refractivity contribution in [1.82, 2.24) is 4.90 Å². The molecule has 162 valence electrons. The van der Waals surface area contributed by atoms with Crippen LogP contribution in [0.3, 0.4) is 0 Å². The van der Waals surface area contributed by atoms with Crippen molar-refractivity contribution in [2.45, 2.75) is 24.7 Å². The Hall–Kier alpha value is -2.90. The number of phenols is 1. The number of hydrogen-bond donors (Lipinski definition) is 2. The van der Waals surface area contributed by atoms with Gasteiger partial charge in [0.2, 0.25) is 11.8 Å². The number of fused-ring (bicyclic) bond motifs is 3. The van der Waals surface area contributed by atoms with Crippen molar-refractivity contribution in [2.24, 2.45) is 23.7 Å².